The van der Waals surface area contributed by atoms with Crippen LogP contribution in [0.15, 0.2) is 70.2 Å². The Bertz CT molecular complexity index is 1680. The highest BCUT2D eigenvalue weighted by Gasteiger charge is 2.36. The number of primary sulfonamides is 1. The van der Waals surface area contributed by atoms with Crippen LogP contribution in [0.5, 0.6) is 0 Å². The predicted octanol–water partition coefficient (Wildman–Crippen LogP) is 4.43. The van der Waals surface area contributed by atoms with Gasteiger partial charge in [0.1, 0.15) is 5.56 Å². The first-order chi connectivity index (χ1) is 16.5. The van der Waals surface area contributed by atoms with Crippen LogP contribution in [0, 0.1) is 0 Å². The Kier molecular flexibility index (Phi) is 5.34. The third kappa shape index (κ3) is 4.36. The molecule has 0 radical (unpaired) electrons. The molecule has 0 spiro atoms. The number of benzene rings is 2. The molecule has 178 valence electrons. The SMILES string of the molecule is NS(=O)(=O)c1cccc(-c2noc(-c3cnn4c(C(F)(F)F)cc(-c5ccc(Cl)cc5)nc34)n2)c1. The summed E-state index contributed by atoms with van der Waals surface area (Å²) in [5.74, 6) is -0.167. The van der Waals surface area contributed by atoms with Crippen LogP contribution in [0.2, 0.25) is 5.02 Å². The third-order valence-electron chi connectivity index (χ3n) is 4.98. The lowest BCUT2D eigenvalue weighted by Gasteiger charge is -2.11. The minimum Gasteiger partial charge on any atom is -0.333 e. The van der Waals surface area contributed by atoms with Crippen molar-refractivity contribution in [2.45, 2.75) is 11.1 Å². The van der Waals surface area contributed by atoms with Crippen molar-refractivity contribution in [2.75, 3.05) is 0 Å². The van der Waals surface area contributed by atoms with Crippen LogP contribution in [0.4, 0.5) is 13.2 Å². The van der Waals surface area contributed by atoms with Gasteiger partial charge in [-0.3, -0.25) is 0 Å². The number of fused-ring (bicyclic) bond motifs is 1. The van der Waals surface area contributed by atoms with Crippen molar-refractivity contribution < 1.29 is 26.1 Å². The molecule has 0 aliphatic rings. The zero-order valence-electron chi connectivity index (χ0n) is 17.2. The van der Waals surface area contributed by atoms with E-state index in [1.165, 1.54) is 36.4 Å². The molecule has 5 rings (SSSR count). The molecule has 9 nitrogen and oxygen atoms in total. The minimum atomic E-state index is -4.74. The quantitative estimate of drug-likeness (QED) is 0.371. The van der Waals surface area contributed by atoms with E-state index in [1.807, 2.05) is 0 Å². The summed E-state index contributed by atoms with van der Waals surface area (Å²) in [6, 6.07) is 12.5. The Morgan fingerprint density at radius 3 is 2.43 bits per heavy atom. The van der Waals surface area contributed by atoms with Crippen LogP contribution in [0.1, 0.15) is 5.69 Å². The lowest BCUT2D eigenvalue weighted by Crippen LogP contribution is -2.13. The van der Waals surface area contributed by atoms with Crippen molar-refractivity contribution >= 4 is 27.3 Å². The second-order valence-electron chi connectivity index (χ2n) is 7.32. The highest BCUT2D eigenvalue weighted by Crippen LogP contribution is 2.35. The molecule has 0 atom stereocenters. The van der Waals surface area contributed by atoms with Crippen molar-refractivity contribution in [2.24, 2.45) is 5.14 Å². The fourth-order valence-corrected chi connectivity index (χ4v) is 4.03. The molecule has 14 heteroatoms. The molecule has 0 amide bonds. The third-order valence-corrected chi connectivity index (χ3v) is 6.14. The summed E-state index contributed by atoms with van der Waals surface area (Å²) in [7, 11) is -3.98. The van der Waals surface area contributed by atoms with Gasteiger partial charge >= 0.3 is 6.18 Å². The van der Waals surface area contributed by atoms with Crippen molar-refractivity contribution in [1.29, 1.82) is 0 Å². The number of aromatic nitrogens is 5. The lowest BCUT2D eigenvalue weighted by atomic mass is 10.1. The molecule has 3 aromatic heterocycles. The molecule has 0 saturated carbocycles. The van der Waals surface area contributed by atoms with Gasteiger partial charge in [-0.05, 0) is 30.3 Å². The van der Waals surface area contributed by atoms with Gasteiger partial charge in [0.2, 0.25) is 15.8 Å². The average molecular weight is 521 g/mol. The average Bonchev–Trinajstić information content (AvgIpc) is 3.45. The van der Waals surface area contributed by atoms with Gasteiger partial charge in [-0.2, -0.15) is 23.3 Å². The summed E-state index contributed by atoms with van der Waals surface area (Å²) in [4.78, 5) is 8.38. The molecule has 0 unspecified atom stereocenters. The summed E-state index contributed by atoms with van der Waals surface area (Å²) in [5.41, 5.74) is -0.469. The number of nitrogens with two attached hydrogens (primary N) is 1. The van der Waals surface area contributed by atoms with Crippen molar-refractivity contribution in [3.63, 3.8) is 0 Å². The number of hydrogen-bond acceptors (Lipinski definition) is 7. The van der Waals surface area contributed by atoms with Crippen molar-refractivity contribution in [3.05, 3.63) is 71.5 Å². The van der Waals surface area contributed by atoms with Gasteiger partial charge in [0, 0.05) is 16.1 Å². The number of alkyl halides is 3. The molecule has 3 heterocycles. The van der Waals surface area contributed by atoms with E-state index < -0.39 is 21.9 Å². The number of sulfonamides is 1. The van der Waals surface area contributed by atoms with Gasteiger partial charge in [-0.1, -0.05) is 41.0 Å². The van der Waals surface area contributed by atoms with E-state index in [4.69, 9.17) is 21.3 Å². The topological polar surface area (TPSA) is 129 Å². The molecule has 2 N–H and O–H groups in total. The standard InChI is InChI=1S/C21H12ClF3N6O3S/c22-13-6-4-11(5-7-13)16-9-17(21(23,24)25)31-19(28-16)15(10-27-31)20-29-18(30-34-20)12-2-1-3-14(8-12)35(26,32)33/h1-10H,(H2,26,32,33). The highest BCUT2D eigenvalue weighted by molar-refractivity contribution is 7.89. The summed E-state index contributed by atoms with van der Waals surface area (Å²) in [6.07, 6.45) is -3.61. The van der Waals surface area contributed by atoms with Crippen LogP contribution >= 0.6 is 11.6 Å². The van der Waals surface area contributed by atoms with E-state index in [0.717, 1.165) is 12.3 Å². The smallest absolute Gasteiger partial charge is 0.333 e. The van der Waals surface area contributed by atoms with Crippen molar-refractivity contribution in [1.82, 2.24) is 24.7 Å². The largest absolute Gasteiger partial charge is 0.433 e. The van der Waals surface area contributed by atoms with E-state index in [1.54, 1.807) is 12.1 Å². The van der Waals surface area contributed by atoms with E-state index in [0.29, 0.717) is 15.1 Å². The zero-order valence-corrected chi connectivity index (χ0v) is 18.8. The van der Waals surface area contributed by atoms with Crippen LogP contribution in [0.25, 0.3) is 39.7 Å². The molecule has 35 heavy (non-hydrogen) atoms. The lowest BCUT2D eigenvalue weighted by molar-refractivity contribution is -0.142. The van der Waals surface area contributed by atoms with Gasteiger partial charge in [0.25, 0.3) is 5.89 Å². The molecule has 0 aliphatic carbocycles. The van der Waals surface area contributed by atoms with Gasteiger partial charge in [0.05, 0.1) is 16.8 Å². The van der Waals surface area contributed by atoms with Gasteiger partial charge in [0.15, 0.2) is 11.3 Å². The Morgan fingerprint density at radius 1 is 1.00 bits per heavy atom. The summed E-state index contributed by atoms with van der Waals surface area (Å²) in [5, 5.41) is 13.2. The summed E-state index contributed by atoms with van der Waals surface area (Å²) >= 11 is 5.89. The number of rotatable bonds is 4. The number of halogens is 4. The van der Waals surface area contributed by atoms with E-state index in [9.17, 15) is 21.6 Å². The Morgan fingerprint density at radius 2 is 1.74 bits per heavy atom. The van der Waals surface area contributed by atoms with Crippen LogP contribution in [-0.4, -0.2) is 33.2 Å². The Labute approximate surface area is 200 Å². The molecule has 2 aromatic carbocycles. The fraction of sp³-hybridized carbons (Fsp3) is 0.0476. The maximum absolute atomic E-state index is 13.8. The fourth-order valence-electron chi connectivity index (χ4n) is 3.35. The maximum Gasteiger partial charge on any atom is 0.433 e. The number of nitrogens with zero attached hydrogens (tertiary/aromatic N) is 5. The Hall–Kier alpha value is -3.81. The molecule has 0 saturated heterocycles. The van der Waals surface area contributed by atoms with Crippen LogP contribution in [0.3, 0.4) is 0 Å². The monoisotopic (exact) mass is 520 g/mol. The summed E-state index contributed by atoms with van der Waals surface area (Å²) in [6.45, 7) is 0. The van der Waals surface area contributed by atoms with E-state index >= 15 is 0 Å². The normalized spacial score (nSPS) is 12.4. The summed E-state index contributed by atoms with van der Waals surface area (Å²) < 4.78 is 70.6. The molecule has 0 bridgehead atoms. The second kappa shape index (κ2) is 8.15. The zero-order chi connectivity index (χ0) is 25.0. The van der Waals surface area contributed by atoms with Crippen molar-refractivity contribution in [3.8, 4) is 34.1 Å². The first kappa shape index (κ1) is 23.0. The van der Waals surface area contributed by atoms with Gasteiger partial charge < -0.3 is 4.52 Å². The maximum atomic E-state index is 13.8. The van der Waals surface area contributed by atoms with E-state index in [2.05, 4.69) is 20.2 Å². The van der Waals surface area contributed by atoms with E-state index in [-0.39, 0.29) is 39.1 Å². The molecule has 5 aromatic rings. The molecular formula is C21H12ClF3N6O3S. The van der Waals surface area contributed by atoms with Crippen LogP contribution in [-0.2, 0) is 16.2 Å². The van der Waals surface area contributed by atoms with Gasteiger partial charge in [-0.15, -0.1) is 0 Å². The molecular weight excluding hydrogens is 509 g/mol. The molecule has 0 aliphatic heterocycles. The van der Waals surface area contributed by atoms with Gasteiger partial charge in [-0.25, -0.2) is 23.1 Å². The second-order valence-corrected chi connectivity index (χ2v) is 9.32. The molecule has 0 fully saturated rings. The predicted molar refractivity (Wildman–Crippen MR) is 119 cm³/mol. The Balaban J connectivity index is 1.65. The number of hydrogen-bond donors (Lipinski definition) is 1. The van der Waals surface area contributed by atoms with Crippen LogP contribution < -0.4 is 5.14 Å². The first-order valence-electron chi connectivity index (χ1n) is 9.70. The highest BCUT2D eigenvalue weighted by atomic mass is 35.5. The minimum absolute atomic E-state index is 0.00486. The first-order valence-corrected chi connectivity index (χ1v) is 11.6.